The van der Waals surface area contributed by atoms with Gasteiger partial charge in [0.1, 0.15) is 12.3 Å². The first-order valence-electron chi connectivity index (χ1n) is 7.89. The van der Waals surface area contributed by atoms with E-state index in [4.69, 9.17) is 4.74 Å². The van der Waals surface area contributed by atoms with Crippen LogP contribution in [-0.2, 0) is 11.3 Å². The maximum absolute atomic E-state index is 12.2. The highest BCUT2D eigenvalue weighted by atomic mass is 35.5. The van der Waals surface area contributed by atoms with Gasteiger partial charge < -0.3 is 22.5 Å². The number of aliphatic imine (C=N–C) groups is 1. The first kappa shape index (κ1) is 18.8. The van der Waals surface area contributed by atoms with Gasteiger partial charge in [0.05, 0.1) is 13.7 Å². The first-order valence-corrected chi connectivity index (χ1v) is 7.89. The number of nitrogens with zero attached hydrogens (tertiary/aromatic N) is 2. The molecule has 0 fully saturated rings. The number of methoxy groups -OCH3 is 1. The number of hydrogen-bond donors (Lipinski definition) is 1. The van der Waals surface area contributed by atoms with Gasteiger partial charge in [0.15, 0.2) is 0 Å². The van der Waals surface area contributed by atoms with Gasteiger partial charge in [-0.05, 0) is 48.7 Å². The van der Waals surface area contributed by atoms with Crippen LogP contribution in [0.3, 0.4) is 0 Å². The maximum Gasteiger partial charge on any atom is 0.251 e. The molecule has 132 valence electrons. The van der Waals surface area contributed by atoms with Gasteiger partial charge in [-0.1, -0.05) is 24.3 Å². The molecule has 0 unspecified atom stereocenters. The molecule has 0 saturated heterocycles. The minimum atomic E-state index is -0.00127. The quantitative estimate of drug-likeness (QED) is 0.845. The van der Waals surface area contributed by atoms with Gasteiger partial charge in [0.25, 0.3) is 5.91 Å². The van der Waals surface area contributed by atoms with Crippen LogP contribution in [0.5, 0.6) is 5.75 Å². The SMILES string of the molecule is COc1ccc(CN2C(=O)CN=C2Nc2cccc(C)c2C)cc1.[Cl-]. The molecule has 2 aromatic rings. The third kappa shape index (κ3) is 4.12. The summed E-state index contributed by atoms with van der Waals surface area (Å²) in [5.41, 5.74) is 4.36. The van der Waals surface area contributed by atoms with Gasteiger partial charge in [0, 0.05) is 5.69 Å². The second-order valence-corrected chi connectivity index (χ2v) is 5.84. The average Bonchev–Trinajstić information content (AvgIpc) is 2.93. The zero-order valence-corrected chi connectivity index (χ0v) is 15.3. The molecule has 1 aliphatic rings. The normalized spacial score (nSPS) is 13.3. The molecule has 0 bridgehead atoms. The summed E-state index contributed by atoms with van der Waals surface area (Å²) in [6, 6.07) is 13.8. The number of carbonyl (C=O) groups is 1. The van der Waals surface area contributed by atoms with Crippen LogP contribution in [0.15, 0.2) is 47.5 Å². The number of rotatable bonds is 4. The predicted molar refractivity (Wildman–Crippen MR) is 95.4 cm³/mol. The van der Waals surface area contributed by atoms with Crippen molar-refractivity contribution in [2.75, 3.05) is 19.0 Å². The average molecular weight is 359 g/mol. The molecule has 1 N–H and O–H groups in total. The highest BCUT2D eigenvalue weighted by molar-refractivity contribution is 6.09. The number of anilines is 1. The van der Waals surface area contributed by atoms with E-state index in [1.54, 1.807) is 12.0 Å². The fourth-order valence-electron chi connectivity index (χ4n) is 2.62. The van der Waals surface area contributed by atoms with Crippen molar-refractivity contribution in [3.8, 4) is 5.75 Å². The number of amides is 1. The van der Waals surface area contributed by atoms with Crippen molar-refractivity contribution in [3.05, 3.63) is 59.2 Å². The maximum atomic E-state index is 12.2. The van der Waals surface area contributed by atoms with Gasteiger partial charge in [-0.2, -0.15) is 0 Å². The molecule has 0 radical (unpaired) electrons. The van der Waals surface area contributed by atoms with Gasteiger partial charge in [-0.15, -0.1) is 0 Å². The third-order valence-corrected chi connectivity index (χ3v) is 4.27. The second-order valence-electron chi connectivity index (χ2n) is 5.84. The van der Waals surface area contributed by atoms with Crippen LogP contribution in [0.25, 0.3) is 0 Å². The van der Waals surface area contributed by atoms with Crippen LogP contribution < -0.4 is 22.5 Å². The number of benzene rings is 2. The molecule has 6 heteroatoms. The van der Waals surface area contributed by atoms with E-state index in [1.807, 2.05) is 36.4 Å². The molecule has 2 aromatic carbocycles. The molecule has 0 saturated carbocycles. The lowest BCUT2D eigenvalue weighted by atomic mass is 10.1. The van der Waals surface area contributed by atoms with Crippen LogP contribution in [-0.4, -0.2) is 30.4 Å². The number of guanidine groups is 1. The molecule has 0 aromatic heterocycles. The van der Waals surface area contributed by atoms with Crippen LogP contribution in [0.1, 0.15) is 16.7 Å². The summed E-state index contributed by atoms with van der Waals surface area (Å²) in [5.74, 6) is 1.40. The summed E-state index contributed by atoms with van der Waals surface area (Å²) in [5, 5.41) is 3.30. The minimum absolute atomic E-state index is 0. The Morgan fingerprint density at radius 2 is 1.88 bits per heavy atom. The summed E-state index contributed by atoms with van der Waals surface area (Å²) in [4.78, 5) is 18.2. The van der Waals surface area contributed by atoms with E-state index in [1.165, 1.54) is 5.56 Å². The van der Waals surface area contributed by atoms with Crippen LogP contribution in [0, 0.1) is 13.8 Å². The van der Waals surface area contributed by atoms with E-state index >= 15 is 0 Å². The van der Waals surface area contributed by atoms with Gasteiger partial charge in [-0.25, -0.2) is 4.99 Å². The lowest BCUT2D eigenvalue weighted by molar-refractivity contribution is -0.125. The Morgan fingerprint density at radius 1 is 1.16 bits per heavy atom. The number of aryl methyl sites for hydroxylation is 1. The number of hydrogen-bond acceptors (Lipinski definition) is 4. The van der Waals surface area contributed by atoms with Crippen molar-refractivity contribution >= 4 is 17.6 Å². The van der Waals surface area contributed by atoms with Crippen LogP contribution in [0.2, 0.25) is 0 Å². The summed E-state index contributed by atoms with van der Waals surface area (Å²) in [7, 11) is 1.64. The lowest BCUT2D eigenvalue weighted by Crippen LogP contribution is -3.00. The zero-order chi connectivity index (χ0) is 17.1. The predicted octanol–water partition coefficient (Wildman–Crippen LogP) is 0.126. The molecule has 5 nitrogen and oxygen atoms in total. The van der Waals surface area contributed by atoms with Gasteiger partial charge in [-0.3, -0.25) is 9.69 Å². The molecular formula is C19H21ClN3O2-. The Hall–Kier alpha value is -2.53. The van der Waals surface area contributed by atoms with Crippen LogP contribution >= 0.6 is 0 Å². The summed E-state index contributed by atoms with van der Waals surface area (Å²) in [6.45, 7) is 4.79. The fourth-order valence-corrected chi connectivity index (χ4v) is 2.62. The van der Waals surface area contributed by atoms with Crippen molar-refractivity contribution in [2.45, 2.75) is 20.4 Å². The Morgan fingerprint density at radius 3 is 2.56 bits per heavy atom. The van der Waals surface area contributed by atoms with Crippen molar-refractivity contribution in [2.24, 2.45) is 4.99 Å². The monoisotopic (exact) mass is 358 g/mol. The van der Waals surface area contributed by atoms with Crippen molar-refractivity contribution < 1.29 is 21.9 Å². The minimum Gasteiger partial charge on any atom is -1.00 e. The molecular weight excluding hydrogens is 338 g/mol. The van der Waals surface area contributed by atoms with E-state index in [2.05, 4.69) is 30.2 Å². The van der Waals surface area contributed by atoms with Crippen molar-refractivity contribution in [3.63, 3.8) is 0 Å². The van der Waals surface area contributed by atoms with Crippen LogP contribution in [0.4, 0.5) is 5.69 Å². The Bertz CT molecular complexity index is 788. The van der Waals surface area contributed by atoms with Gasteiger partial charge in [0.2, 0.25) is 5.96 Å². The Labute approximate surface area is 154 Å². The van der Waals surface area contributed by atoms with E-state index in [0.717, 1.165) is 22.6 Å². The zero-order valence-electron chi connectivity index (χ0n) is 14.5. The van der Waals surface area contributed by atoms with Gasteiger partial charge >= 0.3 is 0 Å². The smallest absolute Gasteiger partial charge is 0.251 e. The van der Waals surface area contributed by atoms with Crippen molar-refractivity contribution in [1.82, 2.24) is 4.90 Å². The molecule has 0 aliphatic carbocycles. The molecule has 1 amide bonds. The Kier molecular flexibility index (Phi) is 6.04. The molecule has 25 heavy (non-hydrogen) atoms. The summed E-state index contributed by atoms with van der Waals surface area (Å²) >= 11 is 0. The fraction of sp³-hybridized carbons (Fsp3) is 0.263. The van der Waals surface area contributed by atoms with E-state index < -0.39 is 0 Å². The highest BCUT2D eigenvalue weighted by Gasteiger charge is 2.26. The first-order chi connectivity index (χ1) is 11.6. The van der Waals surface area contributed by atoms with Crippen molar-refractivity contribution in [1.29, 1.82) is 0 Å². The molecule has 0 atom stereocenters. The summed E-state index contributed by atoms with van der Waals surface area (Å²) in [6.07, 6.45) is 0. The lowest BCUT2D eigenvalue weighted by Gasteiger charge is -2.21. The highest BCUT2D eigenvalue weighted by Crippen LogP contribution is 2.21. The number of ether oxygens (including phenoxy) is 1. The van der Waals surface area contributed by atoms with E-state index in [9.17, 15) is 4.79 Å². The molecule has 0 spiro atoms. The Balaban J connectivity index is 0.00000225. The topological polar surface area (TPSA) is 53.9 Å². The molecule has 1 aliphatic heterocycles. The summed E-state index contributed by atoms with van der Waals surface area (Å²) < 4.78 is 5.17. The number of halogens is 1. The number of carbonyl (C=O) groups excluding carboxylic acids is 1. The third-order valence-electron chi connectivity index (χ3n) is 4.27. The number of nitrogens with one attached hydrogen (secondary N) is 1. The van der Waals surface area contributed by atoms with E-state index in [-0.39, 0.29) is 24.9 Å². The molecule has 3 rings (SSSR count). The standard InChI is InChI=1S/C19H21N3O2.ClH/c1-13-5-4-6-17(14(13)2)21-19-20-11-18(23)22(19)12-15-7-9-16(24-3)10-8-15;/h4-10H,11-12H2,1-3H3,(H,20,21);1H/p-1. The largest absolute Gasteiger partial charge is 1.00 e. The molecule has 1 heterocycles. The van der Waals surface area contributed by atoms with E-state index in [0.29, 0.717) is 12.5 Å². The second kappa shape index (κ2) is 8.03.